The standard InChI is InChI=1S/C18H16BrNO3/c1-12(21)14-5-7-15(8-6-14)20-18(22)10-4-13-3-9-17(23-2)16(19)11-13/h3-11H,1-2H3,(H,20,22)/b10-4+. The Hall–Kier alpha value is -2.40. The van der Waals surface area contributed by atoms with Gasteiger partial charge in [0.1, 0.15) is 5.75 Å². The van der Waals surface area contributed by atoms with Gasteiger partial charge in [-0.2, -0.15) is 0 Å². The second kappa shape index (κ2) is 7.74. The molecule has 0 aliphatic rings. The maximum Gasteiger partial charge on any atom is 0.248 e. The highest BCUT2D eigenvalue weighted by Crippen LogP contribution is 2.25. The third kappa shape index (κ3) is 4.79. The minimum absolute atomic E-state index is 0.00662. The van der Waals surface area contributed by atoms with Gasteiger partial charge in [-0.05, 0) is 70.9 Å². The molecule has 0 heterocycles. The van der Waals surface area contributed by atoms with Crippen LogP contribution in [0.2, 0.25) is 0 Å². The molecule has 0 saturated heterocycles. The van der Waals surface area contributed by atoms with Crippen LogP contribution in [0.3, 0.4) is 0 Å². The van der Waals surface area contributed by atoms with Crippen LogP contribution in [0.1, 0.15) is 22.8 Å². The molecule has 0 aromatic heterocycles. The Morgan fingerprint density at radius 3 is 2.39 bits per heavy atom. The summed E-state index contributed by atoms with van der Waals surface area (Å²) in [4.78, 5) is 23.1. The van der Waals surface area contributed by atoms with Crippen LogP contribution in [0.5, 0.6) is 5.75 Å². The molecule has 23 heavy (non-hydrogen) atoms. The third-order valence-electron chi connectivity index (χ3n) is 3.16. The molecule has 0 saturated carbocycles. The largest absolute Gasteiger partial charge is 0.496 e. The van der Waals surface area contributed by atoms with Crippen LogP contribution in [-0.2, 0) is 4.79 Å². The van der Waals surface area contributed by atoms with Crippen molar-refractivity contribution in [3.8, 4) is 5.75 Å². The minimum Gasteiger partial charge on any atom is -0.496 e. The Bertz CT molecular complexity index is 751. The number of amides is 1. The highest BCUT2D eigenvalue weighted by Gasteiger charge is 2.02. The number of nitrogens with one attached hydrogen (secondary N) is 1. The van der Waals surface area contributed by atoms with E-state index >= 15 is 0 Å². The van der Waals surface area contributed by atoms with Crippen molar-refractivity contribution in [3.05, 3.63) is 64.1 Å². The summed E-state index contributed by atoms with van der Waals surface area (Å²) >= 11 is 3.40. The van der Waals surface area contributed by atoms with E-state index in [0.29, 0.717) is 11.3 Å². The second-order valence-corrected chi connectivity index (χ2v) is 5.70. The molecule has 0 atom stereocenters. The normalized spacial score (nSPS) is 10.6. The Kier molecular flexibility index (Phi) is 5.71. The number of benzene rings is 2. The third-order valence-corrected chi connectivity index (χ3v) is 3.78. The number of halogens is 1. The molecule has 0 unspecified atom stereocenters. The average Bonchev–Trinajstić information content (AvgIpc) is 2.53. The summed E-state index contributed by atoms with van der Waals surface area (Å²) in [5, 5.41) is 2.74. The molecule has 4 nitrogen and oxygen atoms in total. The number of Topliss-reactive ketones (excluding diaryl/α,β-unsaturated/α-hetero) is 1. The summed E-state index contributed by atoms with van der Waals surface area (Å²) in [7, 11) is 1.60. The topological polar surface area (TPSA) is 55.4 Å². The lowest BCUT2D eigenvalue weighted by atomic mass is 10.1. The molecule has 5 heteroatoms. The van der Waals surface area contributed by atoms with Crippen LogP contribution >= 0.6 is 15.9 Å². The van der Waals surface area contributed by atoms with Crippen molar-refractivity contribution in [2.24, 2.45) is 0 Å². The van der Waals surface area contributed by atoms with Gasteiger partial charge in [0, 0.05) is 17.3 Å². The first-order valence-corrected chi connectivity index (χ1v) is 7.72. The Morgan fingerprint density at radius 1 is 1.13 bits per heavy atom. The van der Waals surface area contributed by atoms with Crippen molar-refractivity contribution in [1.29, 1.82) is 0 Å². The zero-order valence-corrected chi connectivity index (χ0v) is 14.4. The number of anilines is 1. The van der Waals surface area contributed by atoms with E-state index in [-0.39, 0.29) is 11.7 Å². The minimum atomic E-state index is -0.243. The number of ether oxygens (including phenoxy) is 1. The van der Waals surface area contributed by atoms with Crippen molar-refractivity contribution in [3.63, 3.8) is 0 Å². The van der Waals surface area contributed by atoms with Gasteiger partial charge in [0.15, 0.2) is 5.78 Å². The summed E-state index contributed by atoms with van der Waals surface area (Å²) in [5.41, 5.74) is 2.13. The van der Waals surface area contributed by atoms with Gasteiger partial charge in [0.2, 0.25) is 5.91 Å². The Balaban J connectivity index is 2.01. The fourth-order valence-electron chi connectivity index (χ4n) is 1.93. The first-order chi connectivity index (χ1) is 11.0. The molecule has 1 amide bonds. The van der Waals surface area contributed by atoms with Gasteiger partial charge in [-0.25, -0.2) is 0 Å². The zero-order chi connectivity index (χ0) is 16.8. The molecular weight excluding hydrogens is 358 g/mol. The zero-order valence-electron chi connectivity index (χ0n) is 12.8. The van der Waals surface area contributed by atoms with Gasteiger partial charge in [0.25, 0.3) is 0 Å². The molecule has 0 aliphatic heterocycles. The van der Waals surface area contributed by atoms with Crippen molar-refractivity contribution < 1.29 is 14.3 Å². The van der Waals surface area contributed by atoms with Crippen molar-refractivity contribution >= 4 is 39.4 Å². The molecule has 118 valence electrons. The van der Waals surface area contributed by atoms with Crippen molar-refractivity contribution in [1.82, 2.24) is 0 Å². The van der Waals surface area contributed by atoms with Gasteiger partial charge in [-0.15, -0.1) is 0 Å². The van der Waals surface area contributed by atoms with Gasteiger partial charge in [-0.1, -0.05) is 6.07 Å². The van der Waals surface area contributed by atoms with E-state index in [4.69, 9.17) is 4.74 Å². The van der Waals surface area contributed by atoms with Crippen molar-refractivity contribution in [2.75, 3.05) is 12.4 Å². The van der Waals surface area contributed by atoms with E-state index < -0.39 is 0 Å². The lowest BCUT2D eigenvalue weighted by molar-refractivity contribution is -0.111. The number of carbonyl (C=O) groups is 2. The van der Waals surface area contributed by atoms with Crippen molar-refractivity contribution in [2.45, 2.75) is 6.92 Å². The lowest BCUT2D eigenvalue weighted by Gasteiger charge is -2.04. The summed E-state index contributed by atoms with van der Waals surface area (Å²) in [5.74, 6) is 0.484. The highest BCUT2D eigenvalue weighted by molar-refractivity contribution is 9.10. The van der Waals surface area contributed by atoms with E-state index in [1.54, 1.807) is 37.5 Å². The molecule has 0 bridgehead atoms. The molecule has 0 spiro atoms. The van der Waals surface area contributed by atoms with E-state index in [1.807, 2.05) is 18.2 Å². The van der Waals surface area contributed by atoms with E-state index in [9.17, 15) is 9.59 Å². The number of ketones is 1. The fraction of sp³-hybridized carbons (Fsp3) is 0.111. The molecule has 2 rings (SSSR count). The van der Waals surface area contributed by atoms with Crippen LogP contribution in [0.4, 0.5) is 5.69 Å². The monoisotopic (exact) mass is 373 g/mol. The molecule has 0 aliphatic carbocycles. The molecule has 2 aromatic carbocycles. The highest BCUT2D eigenvalue weighted by atomic mass is 79.9. The SMILES string of the molecule is COc1ccc(/C=C/C(=O)Nc2ccc(C(C)=O)cc2)cc1Br. The van der Waals surface area contributed by atoms with Gasteiger partial charge >= 0.3 is 0 Å². The molecule has 1 N–H and O–H groups in total. The van der Waals surface area contributed by atoms with Crippen LogP contribution in [0.15, 0.2) is 53.0 Å². The smallest absolute Gasteiger partial charge is 0.248 e. The lowest BCUT2D eigenvalue weighted by Crippen LogP contribution is -2.07. The van der Waals surface area contributed by atoms with Gasteiger partial charge in [0.05, 0.1) is 11.6 Å². The first kappa shape index (κ1) is 17.0. The maximum atomic E-state index is 11.9. The molecular formula is C18H16BrNO3. The predicted molar refractivity (Wildman–Crippen MR) is 94.8 cm³/mol. The Morgan fingerprint density at radius 2 is 1.83 bits per heavy atom. The summed E-state index contributed by atoms with van der Waals surface area (Å²) < 4.78 is 5.98. The number of hydrogen-bond donors (Lipinski definition) is 1. The summed E-state index contributed by atoms with van der Waals surface area (Å²) in [6, 6.07) is 12.3. The summed E-state index contributed by atoms with van der Waals surface area (Å²) in [6.07, 6.45) is 3.16. The number of hydrogen-bond acceptors (Lipinski definition) is 3. The molecule has 0 fully saturated rings. The average molecular weight is 374 g/mol. The maximum absolute atomic E-state index is 11.9. The predicted octanol–water partition coefficient (Wildman–Crippen LogP) is 4.31. The Labute approximate surface area is 143 Å². The summed E-state index contributed by atoms with van der Waals surface area (Å²) in [6.45, 7) is 1.50. The van der Waals surface area contributed by atoms with E-state index in [1.165, 1.54) is 13.0 Å². The van der Waals surface area contributed by atoms with Crippen LogP contribution in [0.25, 0.3) is 6.08 Å². The first-order valence-electron chi connectivity index (χ1n) is 6.93. The number of rotatable bonds is 5. The quantitative estimate of drug-likeness (QED) is 0.627. The second-order valence-electron chi connectivity index (χ2n) is 4.85. The van der Waals surface area contributed by atoms with Gasteiger partial charge < -0.3 is 10.1 Å². The van der Waals surface area contributed by atoms with Crippen LogP contribution in [-0.4, -0.2) is 18.8 Å². The fourth-order valence-corrected chi connectivity index (χ4v) is 2.49. The molecule has 2 aromatic rings. The number of carbonyl (C=O) groups excluding carboxylic acids is 2. The van der Waals surface area contributed by atoms with Crippen LogP contribution < -0.4 is 10.1 Å². The molecule has 0 radical (unpaired) electrons. The van der Waals surface area contributed by atoms with E-state index in [2.05, 4.69) is 21.2 Å². The number of methoxy groups -OCH3 is 1. The van der Waals surface area contributed by atoms with Gasteiger partial charge in [-0.3, -0.25) is 9.59 Å². The van der Waals surface area contributed by atoms with Crippen LogP contribution in [0, 0.1) is 0 Å². The van der Waals surface area contributed by atoms with E-state index in [0.717, 1.165) is 15.8 Å².